The van der Waals surface area contributed by atoms with Gasteiger partial charge in [0, 0.05) is 19.5 Å². The lowest BCUT2D eigenvalue weighted by Crippen LogP contribution is -2.23. The summed E-state index contributed by atoms with van der Waals surface area (Å²) in [6.07, 6.45) is 0.985. The maximum absolute atomic E-state index is 5.66. The van der Waals surface area contributed by atoms with E-state index in [2.05, 4.69) is 15.3 Å². The van der Waals surface area contributed by atoms with Crippen molar-refractivity contribution in [2.24, 2.45) is 0 Å². The van der Waals surface area contributed by atoms with E-state index in [0.717, 1.165) is 30.9 Å². The molecule has 0 aliphatic carbocycles. The number of aromatic amines is 1. The van der Waals surface area contributed by atoms with Crippen molar-refractivity contribution in [3.05, 3.63) is 16.7 Å². The molecule has 70 valence electrons. The first kappa shape index (κ1) is 12.0. The van der Waals surface area contributed by atoms with Crippen LogP contribution in [0.25, 0.3) is 0 Å². The molecule has 0 aromatic carbocycles. The monoisotopic (exact) mass is 229 g/mol. The van der Waals surface area contributed by atoms with Gasteiger partial charge in [-0.15, -0.1) is 24.8 Å². The Kier molecular flexibility index (Phi) is 4.94. The lowest BCUT2D eigenvalue weighted by Gasteiger charge is -2.09. The van der Waals surface area contributed by atoms with Gasteiger partial charge in [-0.2, -0.15) is 0 Å². The van der Waals surface area contributed by atoms with Gasteiger partial charge in [0.25, 0.3) is 0 Å². The first-order valence-electron chi connectivity index (χ1n) is 3.30. The van der Waals surface area contributed by atoms with E-state index in [1.54, 1.807) is 0 Å². The maximum Gasteiger partial charge on any atom is 0.200 e. The van der Waals surface area contributed by atoms with Gasteiger partial charge in [0.2, 0.25) is 5.28 Å². The number of fused-ring (bicyclic) bond motifs is 1. The number of hydrogen-bond donors (Lipinski definition) is 2. The number of H-pyrrole nitrogens is 1. The van der Waals surface area contributed by atoms with Gasteiger partial charge in [-0.25, -0.2) is 4.98 Å². The summed E-state index contributed by atoms with van der Waals surface area (Å²) in [5.41, 5.74) is 2.25. The topological polar surface area (TPSA) is 40.7 Å². The Morgan fingerprint density at radius 3 is 2.75 bits per heavy atom. The van der Waals surface area contributed by atoms with Gasteiger partial charge in [0.05, 0.1) is 11.4 Å². The van der Waals surface area contributed by atoms with E-state index >= 15 is 0 Å². The fourth-order valence-corrected chi connectivity index (χ4v) is 1.40. The van der Waals surface area contributed by atoms with Crippen LogP contribution < -0.4 is 5.32 Å². The highest BCUT2D eigenvalue weighted by atomic mass is 35.5. The van der Waals surface area contributed by atoms with Gasteiger partial charge < -0.3 is 10.3 Å². The quantitative estimate of drug-likeness (QED) is 0.710. The lowest BCUT2D eigenvalue weighted by atomic mass is 10.2. The summed E-state index contributed by atoms with van der Waals surface area (Å²) in [7, 11) is 0. The molecule has 12 heavy (non-hydrogen) atoms. The summed E-state index contributed by atoms with van der Waals surface area (Å²) in [5.74, 6) is 0. The molecule has 2 rings (SSSR count). The number of hydrogen-bond acceptors (Lipinski definition) is 2. The molecule has 0 unspecified atom stereocenters. The minimum absolute atomic E-state index is 0. The third-order valence-corrected chi connectivity index (χ3v) is 1.85. The van der Waals surface area contributed by atoms with Gasteiger partial charge in [-0.1, -0.05) is 0 Å². The van der Waals surface area contributed by atoms with Crippen molar-refractivity contribution in [2.45, 2.75) is 13.0 Å². The second-order valence-electron chi connectivity index (χ2n) is 2.38. The number of nitrogens with one attached hydrogen (secondary N) is 2. The van der Waals surface area contributed by atoms with Crippen molar-refractivity contribution in [2.75, 3.05) is 6.54 Å². The molecular weight excluding hydrogens is 220 g/mol. The third kappa shape index (κ3) is 2.26. The second-order valence-corrected chi connectivity index (χ2v) is 2.74. The second kappa shape index (κ2) is 4.92. The minimum atomic E-state index is 0. The van der Waals surface area contributed by atoms with E-state index in [1.165, 1.54) is 0 Å². The lowest BCUT2D eigenvalue weighted by molar-refractivity contribution is 0.627. The Morgan fingerprint density at radius 1 is 1.33 bits per heavy atom. The molecule has 0 saturated heterocycles. The molecule has 1 aliphatic rings. The molecule has 2 heterocycles. The number of aromatic nitrogens is 2. The predicted octanol–water partition coefficient (Wildman–Crippen LogP) is 1.55. The molecule has 1 aromatic heterocycles. The molecule has 2 N–H and O–H groups in total. The predicted molar refractivity (Wildman–Crippen MR) is 53.5 cm³/mol. The van der Waals surface area contributed by atoms with Crippen LogP contribution in [-0.2, 0) is 13.0 Å². The van der Waals surface area contributed by atoms with Crippen LogP contribution in [0.3, 0.4) is 0 Å². The van der Waals surface area contributed by atoms with E-state index < -0.39 is 0 Å². The molecule has 0 atom stereocenters. The average Bonchev–Trinajstić information content (AvgIpc) is 2.27. The Bertz CT molecular complexity index is 225. The van der Waals surface area contributed by atoms with Crippen molar-refractivity contribution in [1.29, 1.82) is 0 Å². The maximum atomic E-state index is 5.66. The average molecular weight is 231 g/mol. The van der Waals surface area contributed by atoms with Crippen molar-refractivity contribution < 1.29 is 0 Å². The molecule has 0 amide bonds. The molecule has 0 bridgehead atoms. The molecule has 3 nitrogen and oxygen atoms in total. The summed E-state index contributed by atoms with van der Waals surface area (Å²) in [6.45, 7) is 1.88. The van der Waals surface area contributed by atoms with Crippen LogP contribution in [0.2, 0.25) is 5.28 Å². The van der Waals surface area contributed by atoms with Crippen molar-refractivity contribution in [3.8, 4) is 0 Å². The van der Waals surface area contributed by atoms with E-state index in [-0.39, 0.29) is 24.8 Å². The summed E-state index contributed by atoms with van der Waals surface area (Å²) >= 11 is 5.66. The minimum Gasteiger partial charge on any atom is -0.331 e. The number of imidazole rings is 1. The van der Waals surface area contributed by atoms with Crippen LogP contribution in [0.5, 0.6) is 0 Å². The molecule has 1 aromatic rings. The van der Waals surface area contributed by atoms with E-state index in [0.29, 0.717) is 5.28 Å². The van der Waals surface area contributed by atoms with Crippen molar-refractivity contribution in [1.82, 2.24) is 15.3 Å². The van der Waals surface area contributed by atoms with Crippen LogP contribution >= 0.6 is 36.4 Å². The highest BCUT2D eigenvalue weighted by Gasteiger charge is 2.11. The highest BCUT2D eigenvalue weighted by molar-refractivity contribution is 6.28. The number of halogens is 3. The van der Waals surface area contributed by atoms with Crippen LogP contribution in [0.4, 0.5) is 0 Å². The third-order valence-electron chi connectivity index (χ3n) is 1.68. The summed E-state index contributed by atoms with van der Waals surface area (Å²) < 4.78 is 0. The van der Waals surface area contributed by atoms with Gasteiger partial charge >= 0.3 is 0 Å². The Labute approximate surface area is 88.1 Å². The first-order chi connectivity index (χ1) is 4.86. The van der Waals surface area contributed by atoms with Crippen LogP contribution in [-0.4, -0.2) is 16.5 Å². The zero-order valence-electron chi connectivity index (χ0n) is 6.26. The molecule has 0 saturated carbocycles. The van der Waals surface area contributed by atoms with Gasteiger partial charge in [-0.3, -0.25) is 0 Å². The molecule has 0 radical (unpaired) electrons. The zero-order chi connectivity index (χ0) is 6.97. The summed E-state index contributed by atoms with van der Waals surface area (Å²) in [5, 5.41) is 3.73. The first-order valence-corrected chi connectivity index (χ1v) is 3.68. The van der Waals surface area contributed by atoms with Gasteiger partial charge in [0.15, 0.2) is 0 Å². The molecule has 0 fully saturated rings. The van der Waals surface area contributed by atoms with Gasteiger partial charge in [-0.05, 0) is 11.6 Å². The van der Waals surface area contributed by atoms with Crippen molar-refractivity contribution in [3.63, 3.8) is 0 Å². The van der Waals surface area contributed by atoms with E-state index in [4.69, 9.17) is 11.6 Å². The SMILES string of the molecule is Cl.Cl.Clc1nc2c([nH]1)CNCC2. The smallest absolute Gasteiger partial charge is 0.200 e. The van der Waals surface area contributed by atoms with Crippen LogP contribution in [0.1, 0.15) is 11.4 Å². The van der Waals surface area contributed by atoms with E-state index in [9.17, 15) is 0 Å². The normalized spacial score (nSPS) is 14.1. The Hall–Kier alpha value is 0.0400. The van der Waals surface area contributed by atoms with Gasteiger partial charge in [0.1, 0.15) is 0 Å². The Morgan fingerprint density at radius 2 is 2.08 bits per heavy atom. The van der Waals surface area contributed by atoms with Crippen molar-refractivity contribution >= 4 is 36.4 Å². The fourth-order valence-electron chi connectivity index (χ4n) is 1.18. The van der Waals surface area contributed by atoms with Crippen LogP contribution in [0.15, 0.2) is 0 Å². The largest absolute Gasteiger partial charge is 0.331 e. The summed E-state index contributed by atoms with van der Waals surface area (Å²) in [4.78, 5) is 7.11. The molecular formula is C6H10Cl3N3. The molecule has 6 heteroatoms. The van der Waals surface area contributed by atoms with Crippen LogP contribution in [0, 0.1) is 0 Å². The number of rotatable bonds is 0. The standard InChI is InChI=1S/C6H8ClN3.2ClH/c7-6-9-4-1-2-8-3-5(4)10-6;;/h8H,1-3H2,(H,9,10);2*1H. The Balaban J connectivity index is 0.000000605. The molecule has 0 spiro atoms. The zero-order valence-corrected chi connectivity index (χ0v) is 8.65. The highest BCUT2D eigenvalue weighted by Crippen LogP contribution is 2.12. The summed E-state index contributed by atoms with van der Waals surface area (Å²) in [6, 6.07) is 0. The number of nitrogens with zero attached hydrogens (tertiary/aromatic N) is 1. The van der Waals surface area contributed by atoms with E-state index in [1.807, 2.05) is 0 Å². The molecule has 1 aliphatic heterocycles. The fraction of sp³-hybridized carbons (Fsp3) is 0.500.